The third kappa shape index (κ3) is 23.3. The fraction of sp³-hybridized carbons (Fsp3) is 0.818. The third-order valence-electron chi connectivity index (χ3n) is 7.10. The zero-order chi connectivity index (χ0) is 27.4. The molecule has 216 valence electrons. The van der Waals surface area contributed by atoms with Gasteiger partial charge < -0.3 is 9.47 Å². The van der Waals surface area contributed by atoms with Crippen molar-refractivity contribution in [1.29, 1.82) is 0 Å². The lowest BCUT2D eigenvalue weighted by Gasteiger charge is -2.12. The van der Waals surface area contributed by atoms with E-state index in [0.717, 1.165) is 31.8 Å². The number of esters is 2. The van der Waals surface area contributed by atoms with Crippen LogP contribution in [0.4, 0.5) is 0 Å². The smallest absolute Gasteiger partial charge is 0.337 e. The molecule has 4 heteroatoms. The molecule has 0 aliphatic heterocycles. The lowest BCUT2D eigenvalue weighted by atomic mass is 10.0. The van der Waals surface area contributed by atoms with E-state index in [2.05, 4.69) is 20.4 Å². The van der Waals surface area contributed by atoms with E-state index in [4.69, 9.17) is 9.47 Å². The number of hydrogen-bond donors (Lipinski definition) is 0. The molecule has 0 heterocycles. The summed E-state index contributed by atoms with van der Waals surface area (Å²) >= 11 is 0. The normalized spacial score (nSPS) is 11.8. The highest BCUT2D eigenvalue weighted by Crippen LogP contribution is 2.19. The summed E-state index contributed by atoms with van der Waals surface area (Å²) in [7, 11) is 0. The van der Waals surface area contributed by atoms with E-state index in [1.54, 1.807) is 6.92 Å². The first-order chi connectivity index (χ1) is 18.1. The molecule has 0 aliphatic rings. The molecule has 0 N–H and O–H groups in total. The number of allylic oxidation sites excluding steroid dienone is 1. The van der Waals surface area contributed by atoms with Crippen LogP contribution in [-0.2, 0) is 19.1 Å². The van der Waals surface area contributed by atoms with E-state index in [9.17, 15) is 9.59 Å². The highest BCUT2D eigenvalue weighted by Gasteiger charge is 2.16. The topological polar surface area (TPSA) is 52.6 Å². The second-order valence-corrected chi connectivity index (χ2v) is 10.6. The zero-order valence-electron chi connectivity index (χ0n) is 24.9. The van der Waals surface area contributed by atoms with Crippen molar-refractivity contribution in [3.8, 4) is 0 Å². The van der Waals surface area contributed by atoms with Gasteiger partial charge >= 0.3 is 11.9 Å². The molecule has 0 radical (unpaired) electrons. The van der Waals surface area contributed by atoms with Crippen molar-refractivity contribution in [2.45, 2.75) is 168 Å². The average Bonchev–Trinajstić information content (AvgIpc) is 2.90. The maximum Gasteiger partial charge on any atom is 0.337 e. The standard InChI is InChI=1S/C33H60O4/c1-5-8-10-12-14-16-18-19-20-22-24-26-28-31(37-32(34)7-3)30(4)33(35)36-29-27-25-23-21-17-15-13-11-9-6-2/h7H,3,5-6,8-29H2,1-2,4H3. The van der Waals surface area contributed by atoms with Gasteiger partial charge in [0.15, 0.2) is 0 Å². The minimum atomic E-state index is -0.518. The van der Waals surface area contributed by atoms with Gasteiger partial charge in [0.05, 0.1) is 12.2 Å². The molecule has 4 nitrogen and oxygen atoms in total. The molecule has 0 amide bonds. The van der Waals surface area contributed by atoms with Crippen LogP contribution in [0.15, 0.2) is 24.0 Å². The van der Waals surface area contributed by atoms with Crippen LogP contribution < -0.4 is 0 Å². The molecular formula is C33H60O4. The molecule has 0 aromatic rings. The van der Waals surface area contributed by atoms with Crippen LogP contribution in [0, 0.1) is 0 Å². The van der Waals surface area contributed by atoms with Crippen molar-refractivity contribution in [2.24, 2.45) is 0 Å². The van der Waals surface area contributed by atoms with Crippen LogP contribution in [0.2, 0.25) is 0 Å². The Hall–Kier alpha value is -1.58. The van der Waals surface area contributed by atoms with Crippen molar-refractivity contribution in [1.82, 2.24) is 0 Å². The van der Waals surface area contributed by atoms with Crippen LogP contribution in [0.5, 0.6) is 0 Å². The summed E-state index contributed by atoms with van der Waals surface area (Å²) < 4.78 is 10.9. The Labute approximate surface area is 230 Å². The van der Waals surface area contributed by atoms with Gasteiger partial charge in [-0.15, -0.1) is 0 Å². The minimum absolute atomic E-state index is 0.373. The van der Waals surface area contributed by atoms with Gasteiger partial charge in [0.1, 0.15) is 5.76 Å². The molecule has 0 rings (SSSR count). The van der Waals surface area contributed by atoms with Crippen molar-refractivity contribution in [3.05, 3.63) is 24.0 Å². The molecule has 37 heavy (non-hydrogen) atoms. The highest BCUT2D eigenvalue weighted by molar-refractivity contribution is 5.89. The predicted molar refractivity (Wildman–Crippen MR) is 157 cm³/mol. The van der Waals surface area contributed by atoms with Crippen LogP contribution in [-0.4, -0.2) is 18.5 Å². The number of carbonyl (C=O) groups is 2. The quantitative estimate of drug-likeness (QED) is 0.0468. The lowest BCUT2D eigenvalue weighted by Crippen LogP contribution is -2.12. The molecule has 0 bridgehead atoms. The monoisotopic (exact) mass is 520 g/mol. The third-order valence-corrected chi connectivity index (χ3v) is 7.10. The summed E-state index contributed by atoms with van der Waals surface area (Å²) in [5.74, 6) is -0.456. The first kappa shape index (κ1) is 35.4. The average molecular weight is 521 g/mol. The zero-order valence-corrected chi connectivity index (χ0v) is 24.9. The molecule has 0 spiro atoms. The SMILES string of the molecule is C=CC(=O)OC(CCCCCCCCCCCCCC)=C(C)C(=O)OCCCCCCCCCCCC. The summed E-state index contributed by atoms with van der Waals surface area (Å²) in [4.78, 5) is 24.3. The van der Waals surface area contributed by atoms with E-state index in [-0.39, 0.29) is 5.97 Å². The fourth-order valence-electron chi connectivity index (χ4n) is 4.58. The van der Waals surface area contributed by atoms with Crippen molar-refractivity contribution < 1.29 is 19.1 Å². The number of hydrogen-bond acceptors (Lipinski definition) is 4. The largest absolute Gasteiger partial charge is 0.462 e. The summed E-state index contributed by atoms with van der Waals surface area (Å²) in [6, 6.07) is 0. The van der Waals surface area contributed by atoms with E-state index in [0.29, 0.717) is 24.4 Å². The Balaban J connectivity index is 4.10. The predicted octanol–water partition coefficient (Wildman–Crippen LogP) is 10.5. The summed E-state index contributed by atoms with van der Waals surface area (Å²) in [5.41, 5.74) is 0.408. The lowest BCUT2D eigenvalue weighted by molar-refractivity contribution is -0.139. The minimum Gasteiger partial charge on any atom is -0.462 e. The number of rotatable bonds is 27. The molecule has 0 fully saturated rings. The summed E-state index contributed by atoms with van der Waals surface area (Å²) in [6.07, 6.45) is 29.4. The molecule has 0 aromatic heterocycles. The second kappa shape index (κ2) is 27.5. The van der Waals surface area contributed by atoms with Crippen molar-refractivity contribution >= 4 is 11.9 Å². The van der Waals surface area contributed by atoms with Gasteiger partial charge in [-0.1, -0.05) is 149 Å². The second-order valence-electron chi connectivity index (χ2n) is 10.6. The number of ether oxygens (including phenoxy) is 2. The molecule has 0 aromatic carbocycles. The number of unbranched alkanes of at least 4 members (excludes halogenated alkanes) is 20. The van der Waals surface area contributed by atoms with Crippen molar-refractivity contribution in [2.75, 3.05) is 6.61 Å². The van der Waals surface area contributed by atoms with Gasteiger partial charge in [0, 0.05) is 12.5 Å². The molecule has 0 saturated heterocycles. The first-order valence-electron chi connectivity index (χ1n) is 15.8. The first-order valence-corrected chi connectivity index (χ1v) is 15.8. The maximum atomic E-state index is 12.5. The Morgan fingerprint density at radius 1 is 0.595 bits per heavy atom. The molecule has 0 saturated carbocycles. The Bertz CT molecular complexity index is 593. The van der Waals surface area contributed by atoms with E-state index < -0.39 is 5.97 Å². The maximum absolute atomic E-state index is 12.5. The van der Waals surface area contributed by atoms with Gasteiger partial charge in [-0.2, -0.15) is 0 Å². The van der Waals surface area contributed by atoms with Crippen LogP contribution >= 0.6 is 0 Å². The molecular weight excluding hydrogens is 460 g/mol. The van der Waals surface area contributed by atoms with Crippen molar-refractivity contribution in [3.63, 3.8) is 0 Å². The van der Waals surface area contributed by atoms with Gasteiger partial charge in [-0.25, -0.2) is 9.59 Å². The Morgan fingerprint density at radius 3 is 1.38 bits per heavy atom. The van der Waals surface area contributed by atoms with E-state index in [1.807, 2.05) is 0 Å². The summed E-state index contributed by atoms with van der Waals surface area (Å²) in [5, 5.41) is 0. The Morgan fingerprint density at radius 2 is 0.973 bits per heavy atom. The molecule has 0 atom stereocenters. The number of carbonyl (C=O) groups excluding carboxylic acids is 2. The van der Waals surface area contributed by atoms with Gasteiger partial charge in [-0.05, 0) is 19.8 Å². The Kier molecular flexibility index (Phi) is 26.3. The molecule has 0 aliphatic carbocycles. The summed E-state index contributed by atoms with van der Waals surface area (Å²) in [6.45, 7) is 10.1. The van der Waals surface area contributed by atoms with E-state index in [1.165, 1.54) is 116 Å². The van der Waals surface area contributed by atoms with Gasteiger partial charge in [-0.3, -0.25) is 0 Å². The fourth-order valence-corrected chi connectivity index (χ4v) is 4.58. The highest BCUT2D eigenvalue weighted by atomic mass is 16.5. The van der Waals surface area contributed by atoms with Gasteiger partial charge in [0.2, 0.25) is 0 Å². The molecule has 0 unspecified atom stereocenters. The van der Waals surface area contributed by atoms with Crippen LogP contribution in [0.1, 0.15) is 168 Å². The van der Waals surface area contributed by atoms with Crippen LogP contribution in [0.3, 0.4) is 0 Å². The van der Waals surface area contributed by atoms with Crippen LogP contribution in [0.25, 0.3) is 0 Å². The van der Waals surface area contributed by atoms with Gasteiger partial charge in [0.25, 0.3) is 0 Å². The van der Waals surface area contributed by atoms with E-state index >= 15 is 0 Å².